The molecule has 6 nitrogen and oxygen atoms in total. The SMILES string of the molecule is CNCC(C)Cn1cc(C)c([N+](=O)[O-])n1. The minimum atomic E-state index is -0.450. The van der Waals surface area contributed by atoms with Gasteiger partial charge >= 0.3 is 5.82 Å². The second kappa shape index (κ2) is 4.88. The van der Waals surface area contributed by atoms with Gasteiger partial charge < -0.3 is 15.4 Å². The fourth-order valence-electron chi connectivity index (χ4n) is 1.52. The molecule has 1 aromatic heterocycles. The van der Waals surface area contributed by atoms with Gasteiger partial charge in [0.05, 0.1) is 23.4 Å². The molecule has 0 aliphatic heterocycles. The van der Waals surface area contributed by atoms with Gasteiger partial charge in [-0.05, 0) is 31.4 Å². The van der Waals surface area contributed by atoms with Gasteiger partial charge in [-0.25, -0.2) is 0 Å². The molecule has 1 atom stereocenters. The predicted octanol–water partition coefficient (Wildman–Crippen LogP) is 0.955. The average Bonchev–Trinajstić information content (AvgIpc) is 2.47. The molecule has 1 heterocycles. The van der Waals surface area contributed by atoms with Crippen molar-refractivity contribution < 1.29 is 4.92 Å². The van der Waals surface area contributed by atoms with E-state index in [9.17, 15) is 10.1 Å². The summed E-state index contributed by atoms with van der Waals surface area (Å²) in [6, 6.07) is 0. The summed E-state index contributed by atoms with van der Waals surface area (Å²) >= 11 is 0. The molecule has 0 fully saturated rings. The number of hydrogen-bond donors (Lipinski definition) is 1. The van der Waals surface area contributed by atoms with Crippen molar-refractivity contribution >= 4 is 5.82 Å². The molecule has 15 heavy (non-hydrogen) atoms. The maximum absolute atomic E-state index is 10.6. The first-order valence-electron chi connectivity index (χ1n) is 4.87. The number of nitro groups is 1. The average molecular weight is 212 g/mol. The zero-order chi connectivity index (χ0) is 11.4. The molecule has 6 heteroatoms. The van der Waals surface area contributed by atoms with Crippen molar-refractivity contribution in [3.05, 3.63) is 21.9 Å². The van der Waals surface area contributed by atoms with Crippen LogP contribution in [-0.2, 0) is 6.54 Å². The molecule has 0 spiro atoms. The highest BCUT2D eigenvalue weighted by Gasteiger charge is 2.17. The van der Waals surface area contributed by atoms with Crippen LogP contribution < -0.4 is 5.32 Å². The van der Waals surface area contributed by atoms with Crippen molar-refractivity contribution in [1.82, 2.24) is 15.1 Å². The highest BCUT2D eigenvalue weighted by Crippen LogP contribution is 2.14. The molecular weight excluding hydrogens is 196 g/mol. The summed E-state index contributed by atoms with van der Waals surface area (Å²) in [4.78, 5) is 10.1. The molecular formula is C9H16N4O2. The topological polar surface area (TPSA) is 73.0 Å². The van der Waals surface area contributed by atoms with Crippen molar-refractivity contribution in [2.24, 2.45) is 5.92 Å². The maximum atomic E-state index is 10.6. The fourth-order valence-corrected chi connectivity index (χ4v) is 1.52. The first-order chi connectivity index (χ1) is 7.04. The van der Waals surface area contributed by atoms with Gasteiger partial charge in [0.15, 0.2) is 0 Å². The third kappa shape index (κ3) is 3.02. The third-order valence-corrected chi connectivity index (χ3v) is 2.14. The Balaban J connectivity index is 2.71. The van der Waals surface area contributed by atoms with Gasteiger partial charge in [0, 0.05) is 0 Å². The van der Waals surface area contributed by atoms with Crippen molar-refractivity contribution in [1.29, 1.82) is 0 Å². The Morgan fingerprint density at radius 3 is 2.87 bits per heavy atom. The Labute approximate surface area is 88.4 Å². The van der Waals surface area contributed by atoms with E-state index in [4.69, 9.17) is 0 Å². The number of hydrogen-bond acceptors (Lipinski definition) is 4. The smallest absolute Gasteiger partial charge is 0.358 e. The van der Waals surface area contributed by atoms with Gasteiger partial charge in [-0.15, -0.1) is 0 Å². The van der Waals surface area contributed by atoms with Crippen LogP contribution >= 0.6 is 0 Å². The first-order valence-corrected chi connectivity index (χ1v) is 4.87. The second-order valence-electron chi connectivity index (χ2n) is 3.78. The molecule has 1 unspecified atom stereocenters. The van der Waals surface area contributed by atoms with Gasteiger partial charge in [0.2, 0.25) is 0 Å². The van der Waals surface area contributed by atoms with Crippen LogP contribution in [0, 0.1) is 23.0 Å². The van der Waals surface area contributed by atoms with Crippen LogP contribution in [0.15, 0.2) is 6.20 Å². The largest absolute Gasteiger partial charge is 0.392 e. The Hall–Kier alpha value is -1.43. The molecule has 0 saturated heterocycles. The molecule has 0 saturated carbocycles. The fraction of sp³-hybridized carbons (Fsp3) is 0.667. The minimum Gasteiger partial charge on any atom is -0.358 e. The van der Waals surface area contributed by atoms with Gasteiger partial charge in [-0.3, -0.25) is 0 Å². The van der Waals surface area contributed by atoms with E-state index in [0.717, 1.165) is 6.54 Å². The lowest BCUT2D eigenvalue weighted by molar-refractivity contribution is -0.390. The molecule has 0 radical (unpaired) electrons. The van der Waals surface area contributed by atoms with Crippen molar-refractivity contribution in [3.8, 4) is 0 Å². The Morgan fingerprint density at radius 2 is 2.40 bits per heavy atom. The summed E-state index contributed by atoms with van der Waals surface area (Å²) in [7, 11) is 1.88. The van der Waals surface area contributed by atoms with Gasteiger partial charge in [-0.1, -0.05) is 6.92 Å². The highest BCUT2D eigenvalue weighted by atomic mass is 16.6. The van der Waals surface area contributed by atoms with Gasteiger partial charge in [-0.2, -0.15) is 4.68 Å². The number of aromatic nitrogens is 2. The quantitative estimate of drug-likeness (QED) is 0.582. The van der Waals surface area contributed by atoms with E-state index in [1.807, 2.05) is 7.05 Å². The number of aryl methyl sites for hydroxylation is 1. The summed E-state index contributed by atoms with van der Waals surface area (Å²) in [5.74, 6) is 0.348. The van der Waals surface area contributed by atoms with Crippen LogP contribution in [0.5, 0.6) is 0 Å². The zero-order valence-electron chi connectivity index (χ0n) is 9.23. The Bertz CT molecular complexity index is 348. The van der Waals surface area contributed by atoms with Crippen LogP contribution in [0.25, 0.3) is 0 Å². The molecule has 84 valence electrons. The molecule has 0 aliphatic carbocycles. The van der Waals surface area contributed by atoms with E-state index in [0.29, 0.717) is 18.0 Å². The highest BCUT2D eigenvalue weighted by molar-refractivity contribution is 5.27. The third-order valence-electron chi connectivity index (χ3n) is 2.14. The normalized spacial score (nSPS) is 12.7. The molecule has 0 aromatic carbocycles. The number of rotatable bonds is 5. The lowest BCUT2D eigenvalue weighted by Crippen LogP contribution is -2.20. The number of nitrogens with one attached hydrogen (secondary N) is 1. The number of nitrogens with zero attached hydrogens (tertiary/aromatic N) is 3. The molecule has 1 aromatic rings. The monoisotopic (exact) mass is 212 g/mol. The van der Waals surface area contributed by atoms with E-state index in [1.165, 1.54) is 0 Å². The van der Waals surface area contributed by atoms with Crippen molar-refractivity contribution in [2.75, 3.05) is 13.6 Å². The lowest BCUT2D eigenvalue weighted by Gasteiger charge is -2.07. The summed E-state index contributed by atoms with van der Waals surface area (Å²) < 4.78 is 1.63. The van der Waals surface area contributed by atoms with E-state index >= 15 is 0 Å². The van der Waals surface area contributed by atoms with Crippen LogP contribution in [0.3, 0.4) is 0 Å². The molecule has 0 amide bonds. The zero-order valence-corrected chi connectivity index (χ0v) is 9.23. The van der Waals surface area contributed by atoms with Crippen LogP contribution in [-0.4, -0.2) is 28.3 Å². The van der Waals surface area contributed by atoms with Crippen LogP contribution in [0.1, 0.15) is 12.5 Å². The lowest BCUT2D eigenvalue weighted by atomic mass is 10.2. The van der Waals surface area contributed by atoms with Gasteiger partial charge in [0.25, 0.3) is 0 Å². The molecule has 1 rings (SSSR count). The Morgan fingerprint density at radius 1 is 1.73 bits per heavy atom. The summed E-state index contributed by atoms with van der Waals surface area (Å²) in [5, 5.41) is 17.5. The van der Waals surface area contributed by atoms with Crippen LogP contribution in [0.4, 0.5) is 5.82 Å². The minimum absolute atomic E-state index is 0.0494. The second-order valence-corrected chi connectivity index (χ2v) is 3.78. The standard InChI is InChI=1S/C9H16N4O2/c1-7(4-10-3)5-12-6-8(2)9(11-12)13(14)15/h6-7,10H,4-5H2,1-3H3. The van der Waals surface area contributed by atoms with Crippen molar-refractivity contribution in [3.63, 3.8) is 0 Å². The summed E-state index contributed by atoms with van der Waals surface area (Å²) in [6.07, 6.45) is 1.71. The van der Waals surface area contributed by atoms with Crippen molar-refractivity contribution in [2.45, 2.75) is 20.4 Å². The molecule has 0 bridgehead atoms. The van der Waals surface area contributed by atoms with Crippen LogP contribution in [0.2, 0.25) is 0 Å². The first kappa shape index (κ1) is 11.6. The molecule has 1 N–H and O–H groups in total. The van der Waals surface area contributed by atoms with E-state index < -0.39 is 4.92 Å². The van der Waals surface area contributed by atoms with Gasteiger partial charge in [0.1, 0.15) is 0 Å². The summed E-state index contributed by atoms with van der Waals surface area (Å²) in [6.45, 7) is 5.33. The van der Waals surface area contributed by atoms with E-state index in [2.05, 4.69) is 17.3 Å². The summed E-state index contributed by atoms with van der Waals surface area (Å²) in [5.41, 5.74) is 0.608. The predicted molar refractivity (Wildman–Crippen MR) is 56.7 cm³/mol. The molecule has 0 aliphatic rings. The van der Waals surface area contributed by atoms with E-state index in [-0.39, 0.29) is 5.82 Å². The van der Waals surface area contributed by atoms with E-state index in [1.54, 1.807) is 17.8 Å². The Kier molecular flexibility index (Phi) is 3.79. The maximum Gasteiger partial charge on any atom is 0.392 e.